The maximum Gasteiger partial charge on any atom is 0.321 e. The second kappa shape index (κ2) is 7.91. The predicted octanol–water partition coefficient (Wildman–Crippen LogP) is 3.31. The van der Waals surface area contributed by atoms with E-state index in [1.807, 2.05) is 4.90 Å². The summed E-state index contributed by atoms with van der Waals surface area (Å²) in [5.41, 5.74) is 3.87. The number of hydrogen-bond acceptors (Lipinski definition) is 3. The van der Waals surface area contributed by atoms with Crippen LogP contribution in [0.2, 0.25) is 0 Å². The lowest BCUT2D eigenvalue weighted by Gasteiger charge is -2.36. The van der Waals surface area contributed by atoms with Gasteiger partial charge < -0.3 is 20.4 Å². The van der Waals surface area contributed by atoms with Crippen molar-refractivity contribution < 1.29 is 9.59 Å². The van der Waals surface area contributed by atoms with Crippen molar-refractivity contribution >= 4 is 29.0 Å². The molecule has 0 aliphatic carbocycles. The lowest BCUT2D eigenvalue weighted by molar-refractivity contribution is -0.114. The standard InChI is InChI=1S/C20H24N4O2/c1-15-4-3-5-19(14-15)23-10-12-24(13-11-23)20(26)22-18-8-6-17(7-9-18)21-16(2)25/h3-9,14H,10-13H2,1-2H3,(H,21,25)(H,22,26). The zero-order valence-electron chi connectivity index (χ0n) is 15.2. The second-order valence-corrected chi connectivity index (χ2v) is 6.50. The van der Waals surface area contributed by atoms with Crippen LogP contribution < -0.4 is 15.5 Å². The van der Waals surface area contributed by atoms with E-state index in [-0.39, 0.29) is 11.9 Å². The quantitative estimate of drug-likeness (QED) is 0.891. The third-order valence-corrected chi connectivity index (χ3v) is 4.39. The molecule has 26 heavy (non-hydrogen) atoms. The molecule has 0 atom stereocenters. The molecule has 136 valence electrons. The number of carbonyl (C=O) groups excluding carboxylic acids is 2. The molecule has 1 fully saturated rings. The summed E-state index contributed by atoms with van der Waals surface area (Å²) in [5, 5.41) is 5.62. The molecular weight excluding hydrogens is 328 g/mol. The Hall–Kier alpha value is -3.02. The normalized spacial score (nSPS) is 14.1. The van der Waals surface area contributed by atoms with E-state index in [0.717, 1.165) is 13.1 Å². The number of piperazine rings is 1. The molecule has 0 spiro atoms. The summed E-state index contributed by atoms with van der Waals surface area (Å²) in [6.07, 6.45) is 0. The average Bonchev–Trinajstić information content (AvgIpc) is 2.63. The first-order valence-electron chi connectivity index (χ1n) is 8.76. The summed E-state index contributed by atoms with van der Waals surface area (Å²) in [4.78, 5) is 27.6. The number of anilines is 3. The van der Waals surface area contributed by atoms with Gasteiger partial charge in [0.15, 0.2) is 0 Å². The third kappa shape index (κ3) is 4.53. The summed E-state index contributed by atoms with van der Waals surface area (Å²) in [6, 6.07) is 15.4. The van der Waals surface area contributed by atoms with Gasteiger partial charge in [-0.15, -0.1) is 0 Å². The van der Waals surface area contributed by atoms with E-state index in [0.29, 0.717) is 24.5 Å². The summed E-state index contributed by atoms with van der Waals surface area (Å²) in [5.74, 6) is -0.117. The van der Waals surface area contributed by atoms with Crippen molar-refractivity contribution in [1.29, 1.82) is 0 Å². The van der Waals surface area contributed by atoms with E-state index in [1.165, 1.54) is 18.2 Å². The van der Waals surface area contributed by atoms with Crippen LogP contribution >= 0.6 is 0 Å². The Bertz CT molecular complexity index is 781. The molecule has 6 heteroatoms. The second-order valence-electron chi connectivity index (χ2n) is 6.50. The van der Waals surface area contributed by atoms with Crippen molar-refractivity contribution in [2.24, 2.45) is 0 Å². The van der Waals surface area contributed by atoms with E-state index >= 15 is 0 Å². The van der Waals surface area contributed by atoms with Gasteiger partial charge in [-0.3, -0.25) is 4.79 Å². The Morgan fingerprint density at radius 1 is 0.885 bits per heavy atom. The average molecular weight is 352 g/mol. The number of amides is 3. The molecule has 3 rings (SSSR count). The van der Waals surface area contributed by atoms with Gasteiger partial charge in [0.1, 0.15) is 0 Å². The van der Waals surface area contributed by atoms with Crippen LogP contribution in [0.15, 0.2) is 48.5 Å². The number of carbonyl (C=O) groups is 2. The molecule has 1 saturated heterocycles. The smallest absolute Gasteiger partial charge is 0.321 e. The van der Waals surface area contributed by atoms with Crippen LogP contribution in [0.5, 0.6) is 0 Å². The number of rotatable bonds is 3. The zero-order chi connectivity index (χ0) is 18.5. The van der Waals surface area contributed by atoms with Crippen LogP contribution in [0.25, 0.3) is 0 Å². The van der Waals surface area contributed by atoms with Gasteiger partial charge >= 0.3 is 6.03 Å². The molecule has 3 amide bonds. The molecular formula is C20H24N4O2. The van der Waals surface area contributed by atoms with Crippen LogP contribution in [0.3, 0.4) is 0 Å². The highest BCUT2D eigenvalue weighted by molar-refractivity contribution is 5.91. The van der Waals surface area contributed by atoms with E-state index in [9.17, 15) is 9.59 Å². The monoisotopic (exact) mass is 352 g/mol. The number of nitrogens with zero attached hydrogens (tertiary/aromatic N) is 2. The first-order chi connectivity index (χ1) is 12.5. The first-order valence-corrected chi connectivity index (χ1v) is 8.76. The maximum atomic E-state index is 12.5. The predicted molar refractivity (Wildman–Crippen MR) is 105 cm³/mol. The molecule has 0 unspecified atom stereocenters. The fraction of sp³-hybridized carbons (Fsp3) is 0.300. The van der Waals surface area contributed by atoms with Gasteiger partial charge in [-0.1, -0.05) is 12.1 Å². The topological polar surface area (TPSA) is 64.7 Å². The summed E-state index contributed by atoms with van der Waals surface area (Å²) in [6.45, 7) is 6.56. The molecule has 6 nitrogen and oxygen atoms in total. The van der Waals surface area contributed by atoms with Crippen molar-refractivity contribution in [3.05, 3.63) is 54.1 Å². The highest BCUT2D eigenvalue weighted by Gasteiger charge is 2.21. The Balaban J connectivity index is 1.53. The molecule has 2 aromatic rings. The Morgan fingerprint density at radius 2 is 1.50 bits per heavy atom. The van der Waals surface area contributed by atoms with Gasteiger partial charge in [0, 0.05) is 50.2 Å². The van der Waals surface area contributed by atoms with Gasteiger partial charge in [-0.2, -0.15) is 0 Å². The molecule has 0 bridgehead atoms. The van der Waals surface area contributed by atoms with Crippen molar-refractivity contribution in [2.75, 3.05) is 41.7 Å². The lowest BCUT2D eigenvalue weighted by Crippen LogP contribution is -2.50. The van der Waals surface area contributed by atoms with Gasteiger partial charge in [0.05, 0.1) is 0 Å². The minimum atomic E-state index is -0.117. The minimum absolute atomic E-state index is 0.0961. The molecule has 1 heterocycles. The SMILES string of the molecule is CC(=O)Nc1ccc(NC(=O)N2CCN(c3cccc(C)c3)CC2)cc1. The van der Waals surface area contributed by atoms with Gasteiger partial charge in [-0.25, -0.2) is 4.79 Å². The fourth-order valence-electron chi connectivity index (χ4n) is 3.04. The molecule has 1 aliphatic heterocycles. The summed E-state index contributed by atoms with van der Waals surface area (Å²) >= 11 is 0. The highest BCUT2D eigenvalue weighted by atomic mass is 16.2. The van der Waals surface area contributed by atoms with E-state index in [4.69, 9.17) is 0 Å². The number of urea groups is 1. The number of hydrogen-bond donors (Lipinski definition) is 2. The maximum absolute atomic E-state index is 12.5. The number of nitrogens with one attached hydrogen (secondary N) is 2. The molecule has 1 aliphatic rings. The van der Waals surface area contributed by atoms with Gasteiger partial charge in [0.25, 0.3) is 0 Å². The lowest BCUT2D eigenvalue weighted by atomic mass is 10.2. The van der Waals surface area contributed by atoms with Crippen molar-refractivity contribution in [3.8, 4) is 0 Å². The Labute approximate surface area is 153 Å². The van der Waals surface area contributed by atoms with Crippen LogP contribution in [0.1, 0.15) is 12.5 Å². The first kappa shape index (κ1) is 17.8. The van der Waals surface area contributed by atoms with Gasteiger partial charge in [0.2, 0.25) is 5.91 Å². The van der Waals surface area contributed by atoms with E-state index < -0.39 is 0 Å². The van der Waals surface area contributed by atoms with E-state index in [2.05, 4.69) is 46.7 Å². The Kier molecular flexibility index (Phi) is 5.41. The summed E-state index contributed by atoms with van der Waals surface area (Å²) < 4.78 is 0. The van der Waals surface area contributed by atoms with Crippen LogP contribution in [0, 0.1) is 6.92 Å². The molecule has 0 aromatic heterocycles. The van der Waals surface area contributed by atoms with Crippen molar-refractivity contribution in [2.45, 2.75) is 13.8 Å². The minimum Gasteiger partial charge on any atom is -0.368 e. The fourth-order valence-corrected chi connectivity index (χ4v) is 3.04. The highest BCUT2D eigenvalue weighted by Crippen LogP contribution is 2.19. The summed E-state index contributed by atoms with van der Waals surface area (Å²) in [7, 11) is 0. The molecule has 0 radical (unpaired) electrons. The molecule has 2 N–H and O–H groups in total. The van der Waals surface area contributed by atoms with Crippen molar-refractivity contribution in [3.63, 3.8) is 0 Å². The molecule has 0 saturated carbocycles. The molecule has 2 aromatic carbocycles. The third-order valence-electron chi connectivity index (χ3n) is 4.39. The largest absolute Gasteiger partial charge is 0.368 e. The van der Waals surface area contributed by atoms with Gasteiger partial charge in [-0.05, 0) is 48.9 Å². The number of benzene rings is 2. The van der Waals surface area contributed by atoms with E-state index in [1.54, 1.807) is 24.3 Å². The van der Waals surface area contributed by atoms with Crippen LogP contribution in [0.4, 0.5) is 21.9 Å². The van der Waals surface area contributed by atoms with Crippen LogP contribution in [-0.4, -0.2) is 43.0 Å². The van der Waals surface area contributed by atoms with Crippen molar-refractivity contribution in [1.82, 2.24) is 4.90 Å². The zero-order valence-corrected chi connectivity index (χ0v) is 15.2. The van der Waals surface area contributed by atoms with Crippen LogP contribution in [-0.2, 0) is 4.79 Å². The Morgan fingerprint density at radius 3 is 2.08 bits per heavy atom. The number of aryl methyl sites for hydroxylation is 1.